The van der Waals surface area contributed by atoms with Crippen LogP contribution in [0.3, 0.4) is 0 Å². The first-order chi connectivity index (χ1) is 15.9. The molecule has 33 heavy (non-hydrogen) atoms. The topological polar surface area (TPSA) is 95.8 Å². The number of piperazine rings is 1. The van der Waals surface area contributed by atoms with E-state index >= 15 is 0 Å². The number of halogens is 1. The number of aryl methyl sites for hydroxylation is 3. The van der Waals surface area contributed by atoms with Crippen LogP contribution in [-0.4, -0.2) is 50.4 Å². The number of nitrogens with one attached hydrogen (secondary N) is 3. The summed E-state index contributed by atoms with van der Waals surface area (Å²) < 4.78 is 16.3. The molecule has 3 N–H and O–H groups in total. The molecule has 3 aromatic rings. The van der Waals surface area contributed by atoms with Crippen molar-refractivity contribution in [2.24, 2.45) is 7.05 Å². The highest BCUT2D eigenvalue weighted by Crippen LogP contribution is 2.42. The summed E-state index contributed by atoms with van der Waals surface area (Å²) in [4.78, 5) is 16.0. The Morgan fingerprint density at radius 2 is 1.94 bits per heavy atom. The van der Waals surface area contributed by atoms with Crippen LogP contribution in [0.2, 0.25) is 0 Å². The lowest BCUT2D eigenvalue weighted by atomic mass is 10.1. The second kappa shape index (κ2) is 8.58. The zero-order valence-corrected chi connectivity index (χ0v) is 19.5. The quantitative estimate of drug-likeness (QED) is 0.524. The third-order valence-electron chi connectivity index (χ3n) is 6.25. The van der Waals surface area contributed by atoms with Gasteiger partial charge in [0.15, 0.2) is 11.6 Å². The van der Waals surface area contributed by atoms with Gasteiger partial charge in [0.25, 0.3) is 0 Å². The Kier molecular flexibility index (Phi) is 5.61. The van der Waals surface area contributed by atoms with Gasteiger partial charge in [-0.05, 0) is 51.2 Å². The Morgan fingerprint density at radius 3 is 2.64 bits per heavy atom. The average molecular weight is 452 g/mol. The lowest BCUT2D eigenvalue weighted by Crippen LogP contribution is -2.49. The second-order valence-electron chi connectivity index (χ2n) is 9.04. The summed E-state index contributed by atoms with van der Waals surface area (Å²) in [5.74, 6) is 2.42. The van der Waals surface area contributed by atoms with E-state index < -0.39 is 0 Å². The first-order valence-electron chi connectivity index (χ1n) is 11.4. The van der Waals surface area contributed by atoms with E-state index in [-0.39, 0.29) is 11.7 Å². The number of pyridine rings is 1. The summed E-state index contributed by atoms with van der Waals surface area (Å²) in [6, 6.07) is 4.13. The van der Waals surface area contributed by atoms with E-state index in [4.69, 9.17) is 4.98 Å². The molecule has 1 saturated heterocycles. The molecule has 0 spiro atoms. The van der Waals surface area contributed by atoms with Crippen molar-refractivity contribution >= 4 is 29.1 Å². The third-order valence-corrected chi connectivity index (χ3v) is 6.25. The predicted octanol–water partition coefficient (Wildman–Crippen LogP) is 3.52. The van der Waals surface area contributed by atoms with Gasteiger partial charge in [0.1, 0.15) is 11.6 Å². The molecule has 0 bridgehead atoms. The number of rotatable bonds is 6. The summed E-state index contributed by atoms with van der Waals surface area (Å²) in [7, 11) is 1.91. The van der Waals surface area contributed by atoms with Gasteiger partial charge in [-0.3, -0.25) is 4.68 Å². The van der Waals surface area contributed by atoms with Crippen LogP contribution in [0.5, 0.6) is 0 Å². The molecular weight excluding hydrogens is 421 g/mol. The Morgan fingerprint density at radius 1 is 1.12 bits per heavy atom. The molecule has 1 aliphatic carbocycles. The van der Waals surface area contributed by atoms with Crippen LogP contribution in [0.4, 0.5) is 33.5 Å². The lowest BCUT2D eigenvalue weighted by molar-refractivity contribution is 0.484. The van der Waals surface area contributed by atoms with E-state index in [2.05, 4.69) is 42.8 Å². The van der Waals surface area contributed by atoms with Gasteiger partial charge in [0.2, 0.25) is 5.95 Å². The summed E-state index contributed by atoms with van der Waals surface area (Å²) in [6.45, 7) is 8.47. The van der Waals surface area contributed by atoms with E-state index in [9.17, 15) is 4.39 Å². The van der Waals surface area contributed by atoms with Gasteiger partial charge >= 0.3 is 0 Å². The minimum absolute atomic E-state index is 0.208. The SMILES string of the molecule is Cc1nc(Nc2ncc(N3CCN[C@H](C)C3)c(Nc3cc(C)n(C)n3)n2)cc(C2CC2)c1F. The molecule has 9 nitrogen and oxygen atoms in total. The van der Waals surface area contributed by atoms with Gasteiger partial charge in [0.05, 0.1) is 17.6 Å². The van der Waals surface area contributed by atoms with Gasteiger partial charge in [0, 0.05) is 44.5 Å². The molecule has 0 unspecified atom stereocenters. The van der Waals surface area contributed by atoms with Crippen molar-refractivity contribution in [3.8, 4) is 0 Å². The van der Waals surface area contributed by atoms with Crippen LogP contribution >= 0.6 is 0 Å². The maximum atomic E-state index is 14.5. The lowest BCUT2D eigenvalue weighted by Gasteiger charge is -2.34. The predicted molar refractivity (Wildman–Crippen MR) is 127 cm³/mol. The van der Waals surface area contributed by atoms with E-state index in [1.165, 1.54) is 0 Å². The molecule has 0 radical (unpaired) electrons. The zero-order chi connectivity index (χ0) is 23.1. The zero-order valence-electron chi connectivity index (χ0n) is 19.5. The summed E-state index contributed by atoms with van der Waals surface area (Å²) in [5.41, 5.74) is 3.06. The Bertz CT molecular complexity index is 1150. The molecule has 2 aliphatic rings. The third kappa shape index (κ3) is 4.61. The molecule has 174 valence electrons. The van der Waals surface area contributed by atoms with Crippen molar-refractivity contribution in [3.63, 3.8) is 0 Å². The van der Waals surface area contributed by atoms with Crippen LogP contribution in [0, 0.1) is 19.7 Å². The first kappa shape index (κ1) is 21.6. The van der Waals surface area contributed by atoms with E-state index in [1.807, 2.05) is 30.9 Å². The highest BCUT2D eigenvalue weighted by molar-refractivity contribution is 5.72. The summed E-state index contributed by atoms with van der Waals surface area (Å²) in [6.07, 6.45) is 3.86. The van der Waals surface area contributed by atoms with Gasteiger partial charge in [-0.15, -0.1) is 0 Å². The summed E-state index contributed by atoms with van der Waals surface area (Å²) >= 11 is 0. The van der Waals surface area contributed by atoms with Crippen LogP contribution in [0.1, 0.15) is 42.6 Å². The van der Waals surface area contributed by atoms with Gasteiger partial charge in [-0.1, -0.05) is 0 Å². The minimum atomic E-state index is -0.208. The molecule has 4 heterocycles. The second-order valence-corrected chi connectivity index (χ2v) is 9.04. The van der Waals surface area contributed by atoms with Crippen molar-refractivity contribution in [1.82, 2.24) is 30.0 Å². The van der Waals surface area contributed by atoms with Crippen molar-refractivity contribution in [2.75, 3.05) is 35.2 Å². The van der Waals surface area contributed by atoms with Crippen LogP contribution in [-0.2, 0) is 7.05 Å². The fraction of sp³-hybridized carbons (Fsp3) is 0.478. The van der Waals surface area contributed by atoms with Gasteiger partial charge in [-0.25, -0.2) is 14.4 Å². The molecule has 10 heteroatoms. The number of hydrogen-bond donors (Lipinski definition) is 3. The first-order valence-corrected chi connectivity index (χ1v) is 11.4. The fourth-order valence-corrected chi connectivity index (χ4v) is 4.20. The molecule has 0 amide bonds. The molecule has 0 aromatic carbocycles. The molecule has 1 aliphatic heterocycles. The van der Waals surface area contributed by atoms with Crippen molar-refractivity contribution < 1.29 is 4.39 Å². The maximum absolute atomic E-state index is 14.5. The standard InChI is InChI=1S/C23H30FN9/c1-13-12-33(8-7-25-13)18-11-26-23(30-22(18)28-20-9-14(2)32(4)31-20)29-19-10-17(16-5-6-16)21(24)15(3)27-19/h9-11,13,16,25H,5-8,12H2,1-4H3,(H2,26,27,28,29,30,31)/t13-/m1/s1. The minimum Gasteiger partial charge on any atom is -0.364 e. The Balaban J connectivity index is 1.47. The highest BCUT2D eigenvalue weighted by Gasteiger charge is 2.28. The smallest absolute Gasteiger partial charge is 0.230 e. The van der Waals surface area contributed by atoms with Crippen molar-refractivity contribution in [3.05, 3.63) is 41.1 Å². The largest absolute Gasteiger partial charge is 0.364 e. The average Bonchev–Trinajstić information content (AvgIpc) is 3.56. The number of anilines is 5. The molecular formula is C23H30FN9. The van der Waals surface area contributed by atoms with Crippen LogP contribution in [0.15, 0.2) is 18.3 Å². The molecule has 2 fully saturated rings. The number of nitrogens with zero attached hydrogens (tertiary/aromatic N) is 6. The number of hydrogen-bond acceptors (Lipinski definition) is 8. The molecule has 1 atom stereocenters. The monoisotopic (exact) mass is 451 g/mol. The Labute approximate surface area is 192 Å². The van der Waals surface area contributed by atoms with E-state index in [0.717, 1.165) is 55.2 Å². The Hall–Kier alpha value is -3.27. The maximum Gasteiger partial charge on any atom is 0.230 e. The normalized spacial score (nSPS) is 18.5. The highest BCUT2D eigenvalue weighted by atomic mass is 19.1. The van der Waals surface area contributed by atoms with E-state index in [1.54, 1.807) is 13.0 Å². The fourth-order valence-electron chi connectivity index (χ4n) is 4.20. The molecule has 3 aromatic heterocycles. The van der Waals surface area contributed by atoms with Crippen LogP contribution in [0.25, 0.3) is 0 Å². The molecule has 1 saturated carbocycles. The van der Waals surface area contributed by atoms with Gasteiger partial charge in [-0.2, -0.15) is 10.1 Å². The summed E-state index contributed by atoms with van der Waals surface area (Å²) in [5, 5.41) is 14.5. The molecule has 5 rings (SSSR count). The van der Waals surface area contributed by atoms with E-state index in [0.29, 0.717) is 29.3 Å². The van der Waals surface area contributed by atoms with Crippen molar-refractivity contribution in [1.29, 1.82) is 0 Å². The van der Waals surface area contributed by atoms with Crippen molar-refractivity contribution in [2.45, 2.75) is 45.6 Å². The number of aromatic nitrogens is 5. The van der Waals surface area contributed by atoms with Gasteiger partial charge < -0.3 is 20.9 Å². The van der Waals surface area contributed by atoms with Crippen LogP contribution < -0.4 is 20.9 Å².